The third-order valence-electron chi connectivity index (χ3n) is 4.56. The van der Waals surface area contributed by atoms with Crippen LogP contribution in [0.3, 0.4) is 0 Å². The van der Waals surface area contributed by atoms with E-state index in [1.54, 1.807) is 13.0 Å². The van der Waals surface area contributed by atoms with Crippen molar-refractivity contribution in [2.45, 2.75) is 26.1 Å². The summed E-state index contributed by atoms with van der Waals surface area (Å²) in [4.78, 5) is 22.8. The van der Waals surface area contributed by atoms with Gasteiger partial charge in [0.2, 0.25) is 5.95 Å². The summed E-state index contributed by atoms with van der Waals surface area (Å²) < 4.78 is 39.0. The molecule has 1 aromatic heterocycles. The molecule has 8 heteroatoms. The monoisotopic (exact) mass is 414 g/mol. The topological polar surface area (TPSA) is 58.1 Å². The molecule has 5 nitrogen and oxygen atoms in total. The number of hydrogen-bond donors (Lipinski definition) is 1. The number of benzene rings is 2. The summed E-state index contributed by atoms with van der Waals surface area (Å²) in [6, 6.07) is 15.6. The van der Waals surface area contributed by atoms with Crippen LogP contribution in [0.2, 0.25) is 0 Å². The summed E-state index contributed by atoms with van der Waals surface area (Å²) in [5.41, 5.74) is 0.113. The molecular formula is C22H21F3N4O. The average Bonchev–Trinajstić information content (AvgIpc) is 2.74. The molecule has 30 heavy (non-hydrogen) atoms. The average molecular weight is 414 g/mol. The van der Waals surface area contributed by atoms with Gasteiger partial charge in [0.15, 0.2) is 0 Å². The molecule has 3 aromatic rings. The van der Waals surface area contributed by atoms with Gasteiger partial charge < -0.3 is 5.32 Å². The maximum atomic E-state index is 13.0. The maximum absolute atomic E-state index is 13.0. The zero-order valence-corrected chi connectivity index (χ0v) is 16.5. The van der Waals surface area contributed by atoms with Gasteiger partial charge in [0.05, 0.1) is 11.6 Å². The molecule has 0 fully saturated rings. The fraction of sp³-hybridized carbons (Fsp3) is 0.227. The van der Waals surface area contributed by atoms with Gasteiger partial charge in [-0.15, -0.1) is 0 Å². The minimum atomic E-state index is -4.52. The molecule has 1 atom stereocenters. The van der Waals surface area contributed by atoms with E-state index < -0.39 is 17.6 Å². The van der Waals surface area contributed by atoms with Crippen LogP contribution in [0.15, 0.2) is 66.9 Å². The van der Waals surface area contributed by atoms with E-state index in [2.05, 4.69) is 15.3 Å². The summed E-state index contributed by atoms with van der Waals surface area (Å²) in [7, 11) is 0. The molecule has 1 N–H and O–H groups in total. The lowest BCUT2D eigenvalue weighted by Crippen LogP contribution is -2.32. The SMILES string of the molecule is CCN(C(=O)c1cccc(C(F)(F)F)c1)c1ccnc(N[C@@H](C)c2ccccc2)n1. The Morgan fingerprint density at radius 1 is 1.10 bits per heavy atom. The third kappa shape index (κ3) is 4.94. The van der Waals surface area contributed by atoms with Crippen LogP contribution in [0.4, 0.5) is 24.9 Å². The van der Waals surface area contributed by atoms with Crippen molar-refractivity contribution in [2.24, 2.45) is 0 Å². The van der Waals surface area contributed by atoms with E-state index in [1.165, 1.54) is 23.2 Å². The molecule has 156 valence electrons. The molecule has 3 rings (SSSR count). The Balaban J connectivity index is 1.83. The Morgan fingerprint density at radius 2 is 1.83 bits per heavy atom. The van der Waals surface area contributed by atoms with Gasteiger partial charge in [0, 0.05) is 18.3 Å². The fourth-order valence-electron chi connectivity index (χ4n) is 2.98. The normalized spacial score (nSPS) is 12.3. The molecule has 0 aliphatic heterocycles. The van der Waals surface area contributed by atoms with E-state index in [-0.39, 0.29) is 18.2 Å². The van der Waals surface area contributed by atoms with E-state index in [4.69, 9.17) is 0 Å². The van der Waals surface area contributed by atoms with Gasteiger partial charge in [0.25, 0.3) is 5.91 Å². The zero-order valence-electron chi connectivity index (χ0n) is 16.5. The zero-order chi connectivity index (χ0) is 21.7. The van der Waals surface area contributed by atoms with Gasteiger partial charge >= 0.3 is 6.18 Å². The first kappa shape index (κ1) is 21.3. The van der Waals surface area contributed by atoms with E-state index in [1.807, 2.05) is 37.3 Å². The molecule has 1 heterocycles. The molecule has 0 bridgehead atoms. The molecular weight excluding hydrogens is 393 g/mol. The van der Waals surface area contributed by atoms with Crippen molar-refractivity contribution in [3.8, 4) is 0 Å². The van der Waals surface area contributed by atoms with Crippen molar-refractivity contribution in [2.75, 3.05) is 16.8 Å². The predicted molar refractivity (Wildman–Crippen MR) is 109 cm³/mol. The molecule has 0 saturated carbocycles. The number of carbonyl (C=O) groups excluding carboxylic acids is 1. The number of hydrogen-bond acceptors (Lipinski definition) is 4. The Morgan fingerprint density at radius 3 is 2.50 bits per heavy atom. The van der Waals surface area contributed by atoms with Crippen LogP contribution in [0.25, 0.3) is 0 Å². The van der Waals surface area contributed by atoms with Gasteiger partial charge in [-0.25, -0.2) is 4.98 Å². The first-order valence-electron chi connectivity index (χ1n) is 9.43. The predicted octanol–water partition coefficient (Wildman–Crippen LogP) is 5.34. The maximum Gasteiger partial charge on any atom is 0.416 e. The number of carbonyl (C=O) groups is 1. The lowest BCUT2D eigenvalue weighted by Gasteiger charge is -2.21. The van der Waals surface area contributed by atoms with Crippen LogP contribution in [0, 0.1) is 0 Å². The van der Waals surface area contributed by atoms with Gasteiger partial charge in [-0.2, -0.15) is 18.2 Å². The molecule has 0 saturated heterocycles. The van der Waals surface area contributed by atoms with E-state index in [9.17, 15) is 18.0 Å². The number of alkyl halides is 3. The van der Waals surface area contributed by atoms with Crippen LogP contribution >= 0.6 is 0 Å². The van der Waals surface area contributed by atoms with Crippen LogP contribution in [-0.2, 0) is 6.18 Å². The number of aromatic nitrogens is 2. The van der Waals surface area contributed by atoms with Gasteiger partial charge in [-0.05, 0) is 43.7 Å². The Kier molecular flexibility index (Phi) is 6.34. The number of nitrogens with zero attached hydrogens (tertiary/aromatic N) is 3. The smallest absolute Gasteiger partial charge is 0.348 e. The van der Waals surface area contributed by atoms with Crippen molar-refractivity contribution in [3.63, 3.8) is 0 Å². The molecule has 0 aliphatic rings. The summed E-state index contributed by atoms with van der Waals surface area (Å²) in [6.45, 7) is 3.92. The first-order valence-corrected chi connectivity index (χ1v) is 9.43. The minimum Gasteiger partial charge on any atom is -0.348 e. The second kappa shape index (κ2) is 8.94. The molecule has 0 unspecified atom stereocenters. The molecule has 0 aliphatic carbocycles. The fourth-order valence-corrected chi connectivity index (χ4v) is 2.98. The van der Waals surface area contributed by atoms with E-state index in [0.717, 1.165) is 17.7 Å². The van der Waals surface area contributed by atoms with Crippen LogP contribution in [0.1, 0.15) is 41.4 Å². The molecule has 0 spiro atoms. The summed E-state index contributed by atoms with van der Waals surface area (Å²) in [5.74, 6) is 0.0566. The van der Waals surface area contributed by atoms with E-state index in [0.29, 0.717) is 11.8 Å². The third-order valence-corrected chi connectivity index (χ3v) is 4.56. The molecule has 2 aromatic carbocycles. The Hall–Kier alpha value is -3.42. The summed E-state index contributed by atoms with van der Waals surface area (Å²) in [5, 5.41) is 3.18. The summed E-state index contributed by atoms with van der Waals surface area (Å²) in [6.07, 6.45) is -3.02. The van der Waals surface area contributed by atoms with E-state index >= 15 is 0 Å². The Labute approximate surface area is 172 Å². The highest BCUT2D eigenvalue weighted by molar-refractivity contribution is 6.05. The van der Waals surface area contributed by atoms with Crippen molar-refractivity contribution in [1.82, 2.24) is 9.97 Å². The highest BCUT2D eigenvalue weighted by Gasteiger charge is 2.31. The lowest BCUT2D eigenvalue weighted by molar-refractivity contribution is -0.137. The number of nitrogens with one attached hydrogen (secondary N) is 1. The highest BCUT2D eigenvalue weighted by Crippen LogP contribution is 2.30. The molecule has 1 amide bonds. The van der Waals surface area contributed by atoms with Crippen LogP contribution in [0.5, 0.6) is 0 Å². The van der Waals surface area contributed by atoms with Crippen molar-refractivity contribution >= 4 is 17.7 Å². The molecule has 0 radical (unpaired) electrons. The first-order chi connectivity index (χ1) is 14.3. The lowest BCUT2D eigenvalue weighted by atomic mass is 10.1. The number of halogens is 3. The van der Waals surface area contributed by atoms with Crippen molar-refractivity contribution in [3.05, 3.63) is 83.6 Å². The number of rotatable bonds is 6. The quantitative estimate of drug-likeness (QED) is 0.592. The minimum absolute atomic E-state index is 0.0579. The second-order valence-corrected chi connectivity index (χ2v) is 6.64. The largest absolute Gasteiger partial charge is 0.416 e. The van der Waals surface area contributed by atoms with Crippen molar-refractivity contribution in [1.29, 1.82) is 0 Å². The van der Waals surface area contributed by atoms with Gasteiger partial charge in [0.1, 0.15) is 5.82 Å². The van der Waals surface area contributed by atoms with Crippen molar-refractivity contribution < 1.29 is 18.0 Å². The van der Waals surface area contributed by atoms with Gasteiger partial charge in [-0.1, -0.05) is 36.4 Å². The number of amides is 1. The standard InChI is InChI=1S/C22H21F3N4O/c1-3-29(20(30)17-10-7-11-18(14-17)22(23,24)25)19-12-13-26-21(28-19)27-15(2)16-8-5-4-6-9-16/h4-15H,3H2,1-2H3,(H,26,27,28)/t15-/m0/s1. The van der Waals surface area contributed by atoms with Crippen LogP contribution < -0.4 is 10.2 Å². The van der Waals surface area contributed by atoms with Crippen LogP contribution in [-0.4, -0.2) is 22.4 Å². The highest BCUT2D eigenvalue weighted by atomic mass is 19.4. The Bertz CT molecular complexity index is 1010. The summed E-state index contributed by atoms with van der Waals surface area (Å²) >= 11 is 0. The second-order valence-electron chi connectivity index (χ2n) is 6.64. The number of anilines is 2. The van der Waals surface area contributed by atoms with Gasteiger partial charge in [-0.3, -0.25) is 9.69 Å².